The predicted molar refractivity (Wildman–Crippen MR) is 121 cm³/mol. The number of ketones is 1. The molecule has 2 aliphatic heterocycles. The molecule has 1 spiro atoms. The largest absolute Gasteiger partial charge is 0.496 e. The molecule has 1 amide bonds. The Hall–Kier alpha value is -3.28. The number of hydrogen-bond acceptors (Lipinski definition) is 4. The number of Topliss-reactive ketones (excluding diaryl/α,β-unsaturated/α-hetero) is 1. The lowest BCUT2D eigenvalue weighted by Gasteiger charge is -2.44. The van der Waals surface area contributed by atoms with Crippen LogP contribution in [0.15, 0.2) is 48.7 Å². The number of benzene rings is 2. The topological polar surface area (TPSA) is 60.8 Å². The molecule has 1 saturated heterocycles. The Morgan fingerprint density at radius 3 is 2.66 bits per heavy atom. The Kier molecular flexibility index (Phi) is 4.32. The van der Waals surface area contributed by atoms with Gasteiger partial charge in [-0.3, -0.25) is 9.59 Å². The minimum Gasteiger partial charge on any atom is -0.496 e. The van der Waals surface area contributed by atoms with Crippen LogP contribution in [0.5, 0.6) is 11.5 Å². The van der Waals surface area contributed by atoms with E-state index in [9.17, 15) is 9.59 Å². The summed E-state index contributed by atoms with van der Waals surface area (Å²) in [4.78, 5) is 28.0. The SMILES string of the molecule is COc1cc(C(=O)N2CCC3(CC2)CC(=O)c2ccccc2O3)cc2c1ccn2C1CC1. The van der Waals surface area contributed by atoms with Gasteiger partial charge in [0.05, 0.1) is 24.6 Å². The van der Waals surface area contributed by atoms with Gasteiger partial charge in [-0.25, -0.2) is 0 Å². The fraction of sp³-hybridized carbons (Fsp3) is 0.385. The first-order chi connectivity index (χ1) is 15.6. The second-order valence-electron chi connectivity index (χ2n) is 9.24. The molecule has 0 unspecified atom stereocenters. The molecule has 3 aromatic rings. The van der Waals surface area contributed by atoms with Crippen LogP contribution in [-0.2, 0) is 0 Å². The molecule has 2 aromatic carbocycles. The summed E-state index contributed by atoms with van der Waals surface area (Å²) in [5.74, 6) is 1.53. The quantitative estimate of drug-likeness (QED) is 0.608. The van der Waals surface area contributed by atoms with E-state index < -0.39 is 5.60 Å². The van der Waals surface area contributed by atoms with Crippen LogP contribution in [-0.4, -0.2) is 47.0 Å². The molecule has 0 bridgehead atoms. The first kappa shape index (κ1) is 19.4. The van der Waals surface area contributed by atoms with Gasteiger partial charge in [-0.15, -0.1) is 0 Å². The second kappa shape index (κ2) is 7.12. The number of piperidine rings is 1. The van der Waals surface area contributed by atoms with Crippen LogP contribution >= 0.6 is 0 Å². The number of nitrogens with zero attached hydrogens (tertiary/aromatic N) is 2. The lowest BCUT2D eigenvalue weighted by Crippen LogP contribution is -2.52. The predicted octanol–water partition coefficient (Wildman–Crippen LogP) is 4.63. The summed E-state index contributed by atoms with van der Waals surface area (Å²) in [5.41, 5.74) is 1.86. The smallest absolute Gasteiger partial charge is 0.254 e. The lowest BCUT2D eigenvalue weighted by atomic mass is 9.82. The number of ether oxygens (including phenoxy) is 2. The summed E-state index contributed by atoms with van der Waals surface area (Å²) >= 11 is 0. The fourth-order valence-electron chi connectivity index (χ4n) is 5.21. The Morgan fingerprint density at radius 2 is 1.91 bits per heavy atom. The highest BCUT2D eigenvalue weighted by atomic mass is 16.5. The molecule has 32 heavy (non-hydrogen) atoms. The molecule has 1 aromatic heterocycles. The van der Waals surface area contributed by atoms with Gasteiger partial charge in [0, 0.05) is 49.1 Å². The average Bonchev–Trinajstić information content (AvgIpc) is 3.57. The molecular weight excluding hydrogens is 404 g/mol. The molecule has 3 aliphatic rings. The van der Waals surface area contributed by atoms with E-state index in [1.54, 1.807) is 7.11 Å². The van der Waals surface area contributed by atoms with Crippen LogP contribution in [0.25, 0.3) is 10.9 Å². The van der Waals surface area contributed by atoms with Crippen LogP contribution in [0.1, 0.15) is 58.9 Å². The second-order valence-corrected chi connectivity index (χ2v) is 9.24. The van der Waals surface area contributed by atoms with Crippen molar-refractivity contribution in [3.63, 3.8) is 0 Å². The van der Waals surface area contributed by atoms with Crippen LogP contribution in [0.2, 0.25) is 0 Å². The van der Waals surface area contributed by atoms with Crippen LogP contribution in [0, 0.1) is 0 Å². The maximum Gasteiger partial charge on any atom is 0.254 e. The van der Waals surface area contributed by atoms with Crippen LogP contribution in [0.4, 0.5) is 0 Å². The molecule has 1 saturated carbocycles. The van der Waals surface area contributed by atoms with Crippen molar-refractivity contribution in [1.29, 1.82) is 0 Å². The van der Waals surface area contributed by atoms with Gasteiger partial charge in [-0.1, -0.05) is 12.1 Å². The molecule has 6 nitrogen and oxygen atoms in total. The number of likely N-dealkylation sites (tertiary alicyclic amines) is 1. The number of aromatic nitrogens is 1. The van der Waals surface area contributed by atoms with Crippen molar-refractivity contribution >= 4 is 22.6 Å². The maximum atomic E-state index is 13.4. The van der Waals surface area contributed by atoms with Gasteiger partial charge in [-0.05, 0) is 43.2 Å². The highest BCUT2D eigenvalue weighted by molar-refractivity contribution is 6.01. The number of rotatable bonds is 3. The zero-order valence-electron chi connectivity index (χ0n) is 18.2. The van der Waals surface area contributed by atoms with Gasteiger partial charge in [0.2, 0.25) is 0 Å². The summed E-state index contributed by atoms with van der Waals surface area (Å²) in [6, 6.07) is 13.9. The van der Waals surface area contributed by atoms with Gasteiger partial charge in [0.25, 0.3) is 5.91 Å². The number of methoxy groups -OCH3 is 1. The van der Waals surface area contributed by atoms with Gasteiger partial charge in [0.1, 0.15) is 17.1 Å². The fourth-order valence-corrected chi connectivity index (χ4v) is 5.21. The molecule has 0 atom stereocenters. The van der Waals surface area contributed by atoms with E-state index >= 15 is 0 Å². The zero-order valence-corrected chi connectivity index (χ0v) is 18.2. The molecule has 6 heteroatoms. The highest BCUT2D eigenvalue weighted by Crippen LogP contribution is 2.41. The van der Waals surface area contributed by atoms with Crippen LogP contribution < -0.4 is 9.47 Å². The first-order valence-electron chi connectivity index (χ1n) is 11.4. The maximum absolute atomic E-state index is 13.4. The molecule has 0 N–H and O–H groups in total. The van der Waals surface area contributed by atoms with E-state index in [4.69, 9.17) is 9.47 Å². The summed E-state index contributed by atoms with van der Waals surface area (Å²) in [7, 11) is 1.65. The Bertz CT molecular complexity index is 1230. The van der Waals surface area contributed by atoms with Gasteiger partial charge < -0.3 is 18.9 Å². The Balaban J connectivity index is 1.24. The van der Waals surface area contributed by atoms with Crippen molar-refractivity contribution in [2.24, 2.45) is 0 Å². The summed E-state index contributed by atoms with van der Waals surface area (Å²) < 4.78 is 14.2. The molecule has 2 fully saturated rings. The van der Waals surface area contributed by atoms with Crippen molar-refractivity contribution in [3.05, 3.63) is 59.8 Å². The number of hydrogen-bond donors (Lipinski definition) is 0. The Labute approximate surface area is 186 Å². The monoisotopic (exact) mass is 430 g/mol. The van der Waals surface area contributed by atoms with Crippen LogP contribution in [0.3, 0.4) is 0 Å². The first-order valence-corrected chi connectivity index (χ1v) is 11.4. The number of carbonyl (C=O) groups is 2. The number of carbonyl (C=O) groups excluding carboxylic acids is 2. The summed E-state index contributed by atoms with van der Waals surface area (Å²) in [5, 5.41) is 1.04. The average molecular weight is 431 g/mol. The van der Waals surface area contributed by atoms with Gasteiger partial charge in [0.15, 0.2) is 5.78 Å². The van der Waals surface area contributed by atoms with E-state index in [1.165, 1.54) is 12.8 Å². The van der Waals surface area contributed by atoms with E-state index in [0.29, 0.717) is 55.3 Å². The molecule has 3 heterocycles. The minimum absolute atomic E-state index is 0.00568. The number of fused-ring (bicyclic) bond motifs is 2. The van der Waals surface area contributed by atoms with E-state index in [0.717, 1.165) is 16.7 Å². The Morgan fingerprint density at radius 1 is 1.12 bits per heavy atom. The molecule has 1 aliphatic carbocycles. The third kappa shape index (κ3) is 3.08. The van der Waals surface area contributed by atoms with E-state index in [2.05, 4.69) is 16.8 Å². The summed E-state index contributed by atoms with van der Waals surface area (Å²) in [6.07, 6.45) is 6.13. The normalized spacial score (nSPS) is 19.7. The van der Waals surface area contributed by atoms with Gasteiger partial charge >= 0.3 is 0 Å². The van der Waals surface area contributed by atoms with E-state index in [1.807, 2.05) is 41.3 Å². The summed E-state index contributed by atoms with van der Waals surface area (Å²) in [6.45, 7) is 1.14. The van der Waals surface area contributed by atoms with E-state index in [-0.39, 0.29) is 11.7 Å². The number of para-hydroxylation sites is 1. The number of amides is 1. The zero-order chi connectivity index (χ0) is 21.9. The standard InChI is InChI=1S/C26H26N2O4/c1-31-24-15-17(14-21-19(24)8-11-28(21)18-6-7-18)25(30)27-12-9-26(10-13-27)16-22(29)20-4-2-3-5-23(20)32-26/h2-5,8,11,14-15,18H,6-7,9-10,12-13,16H2,1H3. The van der Waals surface area contributed by atoms with Crippen molar-refractivity contribution < 1.29 is 19.1 Å². The minimum atomic E-state index is -0.509. The lowest BCUT2D eigenvalue weighted by molar-refractivity contribution is -0.00571. The van der Waals surface area contributed by atoms with Crippen molar-refractivity contribution in [3.8, 4) is 11.5 Å². The third-order valence-corrected chi connectivity index (χ3v) is 7.17. The highest BCUT2D eigenvalue weighted by Gasteiger charge is 2.43. The van der Waals surface area contributed by atoms with Crippen molar-refractivity contribution in [2.45, 2.75) is 43.7 Å². The molecule has 164 valence electrons. The van der Waals surface area contributed by atoms with Crippen molar-refractivity contribution in [1.82, 2.24) is 9.47 Å². The third-order valence-electron chi connectivity index (χ3n) is 7.17. The van der Waals surface area contributed by atoms with Gasteiger partial charge in [-0.2, -0.15) is 0 Å². The molecule has 6 rings (SSSR count). The van der Waals surface area contributed by atoms with Crippen molar-refractivity contribution in [2.75, 3.05) is 20.2 Å². The molecule has 0 radical (unpaired) electrons. The molecular formula is C26H26N2O4.